The normalized spacial score (nSPS) is 49.0. The SMILES string of the molecule is CC12CCC3C4CCC(O)(CF)CC4=CCC3C1CCC2C(=O)CBr. The number of fused-ring (bicyclic) bond motifs is 5. The highest BCUT2D eigenvalue weighted by Gasteiger charge is 2.57. The molecule has 140 valence electrons. The maximum absolute atomic E-state index is 13.2. The van der Waals surface area contributed by atoms with Crippen LogP contribution in [0.2, 0.25) is 0 Å². The van der Waals surface area contributed by atoms with Gasteiger partial charge in [-0.3, -0.25) is 4.79 Å². The average Bonchev–Trinajstić information content (AvgIpc) is 2.98. The summed E-state index contributed by atoms with van der Waals surface area (Å²) in [5.74, 6) is 3.17. The van der Waals surface area contributed by atoms with Crippen molar-refractivity contribution in [3.05, 3.63) is 11.6 Å². The summed E-state index contributed by atoms with van der Waals surface area (Å²) in [7, 11) is 0. The molecule has 7 atom stereocenters. The molecule has 2 nitrogen and oxygen atoms in total. The fraction of sp³-hybridized carbons (Fsp3) is 0.857. The van der Waals surface area contributed by atoms with Crippen molar-refractivity contribution in [2.45, 2.75) is 63.9 Å². The quantitative estimate of drug-likeness (QED) is 0.531. The minimum absolute atomic E-state index is 0.172. The third-order valence-electron chi connectivity index (χ3n) is 8.36. The van der Waals surface area contributed by atoms with Gasteiger partial charge in [0.25, 0.3) is 0 Å². The zero-order valence-corrected chi connectivity index (χ0v) is 16.7. The molecule has 0 radical (unpaired) electrons. The fourth-order valence-corrected chi connectivity index (χ4v) is 7.49. The van der Waals surface area contributed by atoms with Crippen molar-refractivity contribution in [3.63, 3.8) is 0 Å². The van der Waals surface area contributed by atoms with E-state index in [1.165, 1.54) is 18.4 Å². The van der Waals surface area contributed by atoms with Crippen molar-refractivity contribution in [3.8, 4) is 0 Å². The molecule has 0 aliphatic heterocycles. The molecular formula is C21H30BrFO2. The summed E-state index contributed by atoms with van der Waals surface area (Å²) in [5, 5.41) is 10.9. The van der Waals surface area contributed by atoms with Crippen LogP contribution in [0.15, 0.2) is 11.6 Å². The number of hydrogen-bond acceptors (Lipinski definition) is 2. The number of carbonyl (C=O) groups is 1. The molecule has 0 spiro atoms. The van der Waals surface area contributed by atoms with Gasteiger partial charge in [-0.15, -0.1) is 0 Å². The van der Waals surface area contributed by atoms with Gasteiger partial charge in [0.05, 0.1) is 10.9 Å². The van der Waals surface area contributed by atoms with Gasteiger partial charge < -0.3 is 5.11 Å². The number of Topliss-reactive ketones (excluding diaryl/α,β-unsaturated/α-hetero) is 1. The first-order valence-electron chi connectivity index (χ1n) is 9.98. The lowest BCUT2D eigenvalue weighted by Gasteiger charge is -2.54. The summed E-state index contributed by atoms with van der Waals surface area (Å²) in [4.78, 5) is 12.4. The standard InChI is InChI=1S/C21H30BrFO2/c1-20-8-6-15-14-7-9-21(25,12-23)10-13(14)2-3-16(15)17(20)4-5-18(20)19(24)11-22/h2,14-18,25H,3-12H2,1H3. The monoisotopic (exact) mass is 412 g/mol. The van der Waals surface area contributed by atoms with Crippen LogP contribution in [0.25, 0.3) is 0 Å². The van der Waals surface area contributed by atoms with Gasteiger partial charge in [0.2, 0.25) is 0 Å². The second-order valence-electron chi connectivity index (χ2n) is 9.40. The Morgan fingerprint density at radius 2 is 2.08 bits per heavy atom. The summed E-state index contributed by atoms with van der Waals surface area (Å²) in [6.07, 6.45) is 10.0. The molecule has 4 heteroatoms. The largest absolute Gasteiger partial charge is 0.387 e. The van der Waals surface area contributed by atoms with E-state index in [2.05, 4.69) is 28.9 Å². The van der Waals surface area contributed by atoms with Crippen LogP contribution in [0, 0.1) is 35.0 Å². The van der Waals surface area contributed by atoms with Crippen LogP contribution in [0.1, 0.15) is 58.3 Å². The maximum Gasteiger partial charge on any atom is 0.147 e. The Morgan fingerprint density at radius 3 is 2.80 bits per heavy atom. The van der Waals surface area contributed by atoms with Crippen molar-refractivity contribution in [1.82, 2.24) is 0 Å². The van der Waals surface area contributed by atoms with E-state index >= 15 is 0 Å². The first kappa shape index (κ1) is 18.2. The highest BCUT2D eigenvalue weighted by Crippen LogP contribution is 2.63. The molecule has 0 amide bonds. The second-order valence-corrected chi connectivity index (χ2v) is 9.96. The van der Waals surface area contributed by atoms with E-state index in [0.29, 0.717) is 47.6 Å². The molecule has 0 aromatic rings. The van der Waals surface area contributed by atoms with Crippen LogP contribution < -0.4 is 0 Å². The van der Waals surface area contributed by atoms with Crippen molar-refractivity contribution in [2.75, 3.05) is 12.0 Å². The van der Waals surface area contributed by atoms with Crippen molar-refractivity contribution in [1.29, 1.82) is 0 Å². The van der Waals surface area contributed by atoms with E-state index in [4.69, 9.17) is 0 Å². The lowest BCUT2D eigenvalue weighted by atomic mass is 9.51. The third-order valence-corrected chi connectivity index (χ3v) is 8.91. The summed E-state index contributed by atoms with van der Waals surface area (Å²) in [6.45, 7) is 1.75. The predicted molar refractivity (Wildman–Crippen MR) is 100 cm³/mol. The van der Waals surface area contributed by atoms with Gasteiger partial charge in [0.15, 0.2) is 0 Å². The Labute approximate surface area is 158 Å². The summed E-state index contributed by atoms with van der Waals surface area (Å²) in [6, 6.07) is 0. The zero-order valence-electron chi connectivity index (χ0n) is 15.1. The Morgan fingerprint density at radius 1 is 1.28 bits per heavy atom. The van der Waals surface area contributed by atoms with Crippen LogP contribution >= 0.6 is 15.9 Å². The molecular weight excluding hydrogens is 383 g/mol. The van der Waals surface area contributed by atoms with Crippen LogP contribution in [0.4, 0.5) is 4.39 Å². The van der Waals surface area contributed by atoms with E-state index in [0.717, 1.165) is 25.7 Å². The molecule has 0 saturated heterocycles. The Hall–Kier alpha value is -0.220. The van der Waals surface area contributed by atoms with Crippen LogP contribution in [-0.2, 0) is 4.79 Å². The predicted octanol–water partition coefficient (Wildman–Crippen LogP) is 4.84. The van der Waals surface area contributed by atoms with Gasteiger partial charge >= 0.3 is 0 Å². The lowest BCUT2D eigenvalue weighted by molar-refractivity contribution is -0.126. The molecule has 7 unspecified atom stereocenters. The van der Waals surface area contributed by atoms with Crippen molar-refractivity contribution in [2.24, 2.45) is 35.0 Å². The van der Waals surface area contributed by atoms with Crippen LogP contribution in [0.3, 0.4) is 0 Å². The fourth-order valence-electron chi connectivity index (χ4n) is 7.10. The number of alkyl halides is 2. The highest BCUT2D eigenvalue weighted by molar-refractivity contribution is 9.09. The van der Waals surface area contributed by atoms with Crippen molar-refractivity contribution >= 4 is 21.7 Å². The molecule has 1 N–H and O–H groups in total. The number of allylic oxidation sites excluding steroid dienone is 1. The summed E-state index contributed by atoms with van der Waals surface area (Å²) < 4.78 is 13.2. The number of halogens is 2. The van der Waals surface area contributed by atoms with Gasteiger partial charge in [-0.05, 0) is 80.5 Å². The summed E-state index contributed by atoms with van der Waals surface area (Å²) >= 11 is 3.38. The van der Waals surface area contributed by atoms with Gasteiger partial charge in [0, 0.05) is 5.92 Å². The summed E-state index contributed by atoms with van der Waals surface area (Å²) in [5.41, 5.74) is 0.382. The maximum atomic E-state index is 13.2. The number of ketones is 1. The zero-order chi connectivity index (χ0) is 17.8. The van der Waals surface area contributed by atoms with E-state index in [9.17, 15) is 14.3 Å². The van der Waals surface area contributed by atoms with E-state index in [1.807, 2.05) is 0 Å². The van der Waals surface area contributed by atoms with E-state index in [1.54, 1.807) is 0 Å². The van der Waals surface area contributed by atoms with Gasteiger partial charge in [0.1, 0.15) is 12.5 Å². The smallest absolute Gasteiger partial charge is 0.147 e. The number of carbonyl (C=O) groups excluding carboxylic acids is 1. The van der Waals surface area contributed by atoms with Crippen LogP contribution in [0.5, 0.6) is 0 Å². The minimum atomic E-state index is -1.11. The molecule has 0 bridgehead atoms. The van der Waals surface area contributed by atoms with Crippen LogP contribution in [-0.4, -0.2) is 28.5 Å². The first-order chi connectivity index (χ1) is 11.9. The molecule has 3 fully saturated rings. The molecule has 0 heterocycles. The average molecular weight is 413 g/mol. The number of rotatable bonds is 3. The highest BCUT2D eigenvalue weighted by atomic mass is 79.9. The molecule has 3 saturated carbocycles. The third kappa shape index (κ3) is 2.77. The molecule has 4 aliphatic rings. The molecule has 4 rings (SSSR count). The molecule has 25 heavy (non-hydrogen) atoms. The van der Waals surface area contributed by atoms with Gasteiger partial charge in [-0.25, -0.2) is 4.39 Å². The molecule has 0 aromatic carbocycles. The Bertz CT molecular complexity index is 590. The number of aliphatic hydroxyl groups is 1. The van der Waals surface area contributed by atoms with Gasteiger partial charge in [-0.1, -0.05) is 34.5 Å². The first-order valence-corrected chi connectivity index (χ1v) is 11.1. The number of hydrogen-bond donors (Lipinski definition) is 1. The molecule has 4 aliphatic carbocycles. The molecule has 0 aromatic heterocycles. The Kier molecular flexibility index (Phi) is 4.68. The Balaban J connectivity index is 1.57. The second kappa shape index (κ2) is 6.44. The van der Waals surface area contributed by atoms with E-state index < -0.39 is 12.3 Å². The van der Waals surface area contributed by atoms with Gasteiger partial charge in [-0.2, -0.15) is 0 Å². The minimum Gasteiger partial charge on any atom is -0.387 e. The topological polar surface area (TPSA) is 37.3 Å². The van der Waals surface area contributed by atoms with E-state index in [-0.39, 0.29) is 11.3 Å². The van der Waals surface area contributed by atoms with Crippen molar-refractivity contribution < 1.29 is 14.3 Å². The lowest BCUT2D eigenvalue weighted by Crippen LogP contribution is -2.49.